The number of hydrogen-bond acceptors (Lipinski definition) is 9. The Balaban J connectivity index is 0.000000247. The van der Waals surface area contributed by atoms with E-state index in [1.54, 1.807) is 6.92 Å². The molecule has 4 aromatic rings. The van der Waals surface area contributed by atoms with Gasteiger partial charge in [0.05, 0.1) is 19.8 Å². The van der Waals surface area contributed by atoms with Crippen molar-refractivity contribution in [3.63, 3.8) is 0 Å². The summed E-state index contributed by atoms with van der Waals surface area (Å²) in [5.74, 6) is -1.58. The number of hydrogen-bond donors (Lipinski definition) is 3. The van der Waals surface area contributed by atoms with Gasteiger partial charge in [-0.3, -0.25) is 28.7 Å². The van der Waals surface area contributed by atoms with Crippen LogP contribution >= 0.6 is 0 Å². The lowest BCUT2D eigenvalue weighted by molar-refractivity contribution is -0.144. The van der Waals surface area contributed by atoms with Gasteiger partial charge in [0.15, 0.2) is 22.3 Å². The van der Waals surface area contributed by atoms with Gasteiger partial charge in [-0.2, -0.15) is 0 Å². The van der Waals surface area contributed by atoms with E-state index in [0.717, 1.165) is 9.13 Å². The lowest BCUT2D eigenvalue weighted by Crippen LogP contribution is -2.34. The first kappa shape index (κ1) is 27.5. The fourth-order valence-corrected chi connectivity index (χ4v) is 3.19. The Morgan fingerprint density at radius 1 is 0.861 bits per heavy atom. The van der Waals surface area contributed by atoms with Crippen LogP contribution in [-0.2, 0) is 28.4 Å². The van der Waals surface area contributed by atoms with E-state index in [9.17, 15) is 28.8 Å². The highest BCUT2D eigenvalue weighted by Crippen LogP contribution is 2.13. The number of H-pyrrole nitrogens is 2. The van der Waals surface area contributed by atoms with Crippen LogP contribution in [0.5, 0.6) is 0 Å². The molecule has 0 amide bonds. The van der Waals surface area contributed by atoms with Gasteiger partial charge in [0.2, 0.25) is 0 Å². The SMILES string of the molecule is C.COC(=O)[C@H](C)n1cnc2[nH]c(=O)n(C)c(=O)c21.C[C@@H](C(=O)O)n1cnc2[nH]c(=O)n(C)c(=O)c21. The quantitative estimate of drug-likeness (QED) is 0.283. The minimum absolute atomic E-state index is 0. The van der Waals surface area contributed by atoms with Crippen LogP contribution in [0.1, 0.15) is 33.4 Å². The van der Waals surface area contributed by atoms with Gasteiger partial charge in [-0.1, -0.05) is 7.43 Å². The smallest absolute Gasteiger partial charge is 0.329 e. The first-order valence-corrected chi connectivity index (χ1v) is 10.0. The summed E-state index contributed by atoms with van der Waals surface area (Å²) in [5.41, 5.74) is -1.75. The molecular formula is C20H26N8O8. The van der Waals surface area contributed by atoms with Crippen molar-refractivity contribution in [3.05, 3.63) is 54.3 Å². The maximum absolute atomic E-state index is 12.0. The summed E-state index contributed by atoms with van der Waals surface area (Å²) in [6, 6.07) is -1.63. The molecule has 3 N–H and O–H groups in total. The summed E-state index contributed by atoms with van der Waals surface area (Å²) >= 11 is 0. The van der Waals surface area contributed by atoms with Crippen LogP contribution in [0.15, 0.2) is 31.8 Å². The minimum Gasteiger partial charge on any atom is -0.480 e. The molecule has 0 fully saturated rings. The normalized spacial score (nSPS) is 12.4. The van der Waals surface area contributed by atoms with Crippen LogP contribution in [-0.4, -0.2) is 62.4 Å². The molecule has 2 atom stereocenters. The van der Waals surface area contributed by atoms with E-state index in [1.165, 1.54) is 49.9 Å². The number of ether oxygens (including phenoxy) is 1. The highest BCUT2D eigenvalue weighted by atomic mass is 16.5. The van der Waals surface area contributed by atoms with Crippen LogP contribution < -0.4 is 22.5 Å². The number of carboxylic acid groups (broad SMARTS) is 1. The number of esters is 1. The van der Waals surface area contributed by atoms with E-state index in [4.69, 9.17) is 5.11 Å². The maximum atomic E-state index is 12.0. The third-order valence-corrected chi connectivity index (χ3v) is 5.40. The molecule has 0 aliphatic heterocycles. The molecule has 0 aliphatic carbocycles. The average Bonchev–Trinajstić information content (AvgIpc) is 3.44. The number of aliphatic carboxylic acids is 1. The van der Waals surface area contributed by atoms with Crippen LogP contribution in [0.3, 0.4) is 0 Å². The van der Waals surface area contributed by atoms with Crippen LogP contribution in [0.4, 0.5) is 0 Å². The summed E-state index contributed by atoms with van der Waals surface area (Å²) in [6.07, 6.45) is 2.55. The van der Waals surface area contributed by atoms with Crippen LogP contribution in [0.25, 0.3) is 22.3 Å². The number of carboxylic acids is 1. The molecule has 16 nitrogen and oxygen atoms in total. The molecule has 16 heteroatoms. The third kappa shape index (κ3) is 4.59. The van der Waals surface area contributed by atoms with E-state index in [2.05, 4.69) is 24.7 Å². The molecule has 194 valence electrons. The van der Waals surface area contributed by atoms with Crippen molar-refractivity contribution in [2.75, 3.05) is 7.11 Å². The standard InChI is InChI=1S/C10H12N4O4.C9H10N4O4.CH4/c1-5(9(16)18-3)14-4-11-7-6(14)8(15)13(2)10(17)12-7;1-4(8(15)16)13-3-10-6-5(13)7(14)12(2)9(17)11-6;/h4-5H,1-3H3,(H,12,17);3-4H,1-2H3,(H,11,17)(H,15,16);1H4/t5-;4-;/m00./s1. The zero-order valence-electron chi connectivity index (χ0n) is 19.3. The molecule has 0 radical (unpaired) electrons. The van der Waals surface area contributed by atoms with E-state index in [1.807, 2.05) is 0 Å². The monoisotopic (exact) mass is 506 g/mol. The number of imidazole rings is 2. The van der Waals surface area contributed by atoms with E-state index < -0.39 is 46.5 Å². The molecule has 0 saturated heterocycles. The number of aromatic amines is 2. The summed E-state index contributed by atoms with van der Waals surface area (Å²) in [5, 5.41) is 8.90. The highest BCUT2D eigenvalue weighted by molar-refractivity contribution is 5.78. The molecule has 0 saturated carbocycles. The Kier molecular flexibility index (Phi) is 7.82. The van der Waals surface area contributed by atoms with Gasteiger partial charge in [-0.15, -0.1) is 0 Å². The molecule has 36 heavy (non-hydrogen) atoms. The summed E-state index contributed by atoms with van der Waals surface area (Å²) in [6.45, 7) is 3.01. The second-order valence-electron chi connectivity index (χ2n) is 7.50. The first-order valence-electron chi connectivity index (χ1n) is 10.0. The van der Waals surface area contributed by atoms with E-state index in [-0.39, 0.29) is 29.8 Å². The molecule has 4 heterocycles. The van der Waals surface area contributed by atoms with Crippen molar-refractivity contribution in [1.82, 2.24) is 38.2 Å². The number of nitrogens with zero attached hydrogens (tertiary/aromatic N) is 6. The molecule has 0 unspecified atom stereocenters. The zero-order chi connectivity index (χ0) is 26.2. The van der Waals surface area contributed by atoms with Crippen LogP contribution in [0, 0.1) is 0 Å². The molecule has 0 spiro atoms. The van der Waals surface area contributed by atoms with Crippen molar-refractivity contribution in [2.45, 2.75) is 33.4 Å². The fraction of sp³-hybridized carbons (Fsp3) is 0.400. The summed E-state index contributed by atoms with van der Waals surface area (Å²) < 4.78 is 8.99. The topological polar surface area (TPSA) is 209 Å². The molecule has 4 aromatic heterocycles. The number of carbonyl (C=O) groups is 2. The van der Waals surface area contributed by atoms with Crippen molar-refractivity contribution < 1.29 is 19.4 Å². The lowest BCUT2D eigenvalue weighted by Gasteiger charge is -2.11. The molecular weight excluding hydrogens is 480 g/mol. The lowest BCUT2D eigenvalue weighted by atomic mass is 10.3. The Hall–Kier alpha value is -4.76. The van der Waals surface area contributed by atoms with Gasteiger partial charge in [0.25, 0.3) is 11.1 Å². The number of rotatable bonds is 4. The van der Waals surface area contributed by atoms with Crippen molar-refractivity contribution in [1.29, 1.82) is 0 Å². The van der Waals surface area contributed by atoms with Crippen molar-refractivity contribution in [3.8, 4) is 0 Å². The fourth-order valence-electron chi connectivity index (χ4n) is 3.19. The second-order valence-corrected chi connectivity index (χ2v) is 7.50. The van der Waals surface area contributed by atoms with Gasteiger partial charge in [0, 0.05) is 14.1 Å². The number of nitrogens with one attached hydrogen (secondary N) is 2. The third-order valence-electron chi connectivity index (χ3n) is 5.40. The molecule has 4 rings (SSSR count). The Bertz CT molecular complexity index is 1680. The number of fused-ring (bicyclic) bond motifs is 2. The largest absolute Gasteiger partial charge is 0.480 e. The molecule has 0 bridgehead atoms. The minimum atomic E-state index is -1.09. The maximum Gasteiger partial charge on any atom is 0.329 e. The second kappa shape index (κ2) is 10.2. The van der Waals surface area contributed by atoms with E-state index >= 15 is 0 Å². The van der Waals surface area contributed by atoms with Crippen molar-refractivity contribution >= 4 is 34.3 Å². The first-order chi connectivity index (χ1) is 16.4. The summed E-state index contributed by atoms with van der Waals surface area (Å²) in [7, 11) is 3.92. The number of aromatic nitrogens is 8. The van der Waals surface area contributed by atoms with Gasteiger partial charge >= 0.3 is 23.3 Å². The predicted molar refractivity (Wildman–Crippen MR) is 127 cm³/mol. The van der Waals surface area contributed by atoms with E-state index in [0.29, 0.717) is 0 Å². The Morgan fingerprint density at radius 2 is 1.25 bits per heavy atom. The van der Waals surface area contributed by atoms with Gasteiger partial charge in [0.1, 0.15) is 12.1 Å². The Labute approximate surface area is 201 Å². The molecule has 0 aliphatic rings. The van der Waals surface area contributed by atoms with Crippen LogP contribution in [0.2, 0.25) is 0 Å². The Morgan fingerprint density at radius 3 is 1.61 bits per heavy atom. The molecule has 0 aromatic carbocycles. The average molecular weight is 506 g/mol. The van der Waals surface area contributed by atoms with Gasteiger partial charge < -0.3 is 19.0 Å². The highest BCUT2D eigenvalue weighted by Gasteiger charge is 2.21. The zero-order valence-corrected chi connectivity index (χ0v) is 19.3. The summed E-state index contributed by atoms with van der Waals surface area (Å²) in [4.78, 5) is 81.4. The predicted octanol–water partition coefficient (Wildman–Crippen LogP) is -1.14. The number of methoxy groups -OCH3 is 1. The van der Waals surface area contributed by atoms with Gasteiger partial charge in [-0.05, 0) is 13.8 Å². The number of carbonyl (C=O) groups excluding carboxylic acids is 1. The van der Waals surface area contributed by atoms with Gasteiger partial charge in [-0.25, -0.2) is 29.1 Å². The van der Waals surface area contributed by atoms with Crippen molar-refractivity contribution in [2.24, 2.45) is 14.1 Å².